The number of ether oxygens (including phenoxy) is 1. The van der Waals surface area contributed by atoms with Crippen LogP contribution in [0.3, 0.4) is 0 Å². The quantitative estimate of drug-likeness (QED) is 0.471. The first-order valence-corrected chi connectivity index (χ1v) is 2.51. The van der Waals surface area contributed by atoms with E-state index in [4.69, 9.17) is 10.5 Å². The van der Waals surface area contributed by atoms with Crippen molar-refractivity contribution in [2.45, 2.75) is 6.42 Å². The largest absolute Gasteiger partial charge is 0.387 e. The van der Waals surface area contributed by atoms with Gasteiger partial charge in [0, 0.05) is 20.6 Å². The minimum absolute atomic E-state index is 0. The van der Waals surface area contributed by atoms with E-state index in [1.165, 1.54) is 0 Å². The Morgan fingerprint density at radius 2 is 2.22 bits per heavy atom. The number of nitrogens with two attached hydrogens (primary N) is 1. The summed E-state index contributed by atoms with van der Waals surface area (Å²) in [5, 5.41) is 0. The summed E-state index contributed by atoms with van der Waals surface area (Å²) in [7, 11) is 3.31. The van der Waals surface area contributed by atoms with E-state index >= 15 is 0 Å². The van der Waals surface area contributed by atoms with Gasteiger partial charge in [-0.3, -0.25) is 4.99 Å². The highest BCUT2D eigenvalue weighted by Crippen LogP contribution is 1.78. The standard InChI is InChI=1S/C5H12N2O.ClH/c1-7-5(6)3-4-8-2;/h3-4H2,1-2H3,(H2,6,7);1H. The molecule has 3 nitrogen and oxygen atoms in total. The van der Waals surface area contributed by atoms with Gasteiger partial charge in [-0.15, -0.1) is 12.4 Å². The summed E-state index contributed by atoms with van der Waals surface area (Å²) in [6.45, 7) is 0.656. The van der Waals surface area contributed by atoms with Crippen molar-refractivity contribution >= 4 is 18.2 Å². The number of nitrogens with zero attached hydrogens (tertiary/aromatic N) is 1. The maximum atomic E-state index is 5.33. The normalized spacial score (nSPS) is 10.7. The third kappa shape index (κ3) is 7.72. The van der Waals surface area contributed by atoms with Crippen LogP contribution in [0.1, 0.15) is 6.42 Å². The summed E-state index contributed by atoms with van der Waals surface area (Å²) in [6.07, 6.45) is 0.729. The first-order chi connectivity index (χ1) is 3.81. The molecule has 0 fully saturated rings. The lowest BCUT2D eigenvalue weighted by atomic mass is 10.4. The second kappa shape index (κ2) is 7.72. The molecule has 56 valence electrons. The van der Waals surface area contributed by atoms with Gasteiger partial charge in [0.25, 0.3) is 0 Å². The molecule has 0 aromatic carbocycles. The minimum atomic E-state index is 0. The van der Waals surface area contributed by atoms with Crippen LogP contribution in [0.25, 0.3) is 0 Å². The molecule has 0 unspecified atom stereocenters. The Hall–Kier alpha value is -0.280. The number of halogens is 1. The van der Waals surface area contributed by atoms with Crippen molar-refractivity contribution in [2.75, 3.05) is 20.8 Å². The Kier molecular flexibility index (Phi) is 9.87. The zero-order chi connectivity index (χ0) is 6.41. The molecule has 0 aliphatic carbocycles. The lowest BCUT2D eigenvalue weighted by Gasteiger charge is -1.95. The van der Waals surface area contributed by atoms with Crippen molar-refractivity contribution in [3.63, 3.8) is 0 Å². The number of hydrogen-bond acceptors (Lipinski definition) is 2. The van der Waals surface area contributed by atoms with E-state index in [0.717, 1.165) is 6.42 Å². The van der Waals surface area contributed by atoms with E-state index in [0.29, 0.717) is 12.4 Å². The van der Waals surface area contributed by atoms with Crippen molar-refractivity contribution in [3.05, 3.63) is 0 Å². The van der Waals surface area contributed by atoms with Gasteiger partial charge in [-0.2, -0.15) is 0 Å². The Morgan fingerprint density at radius 1 is 1.67 bits per heavy atom. The summed E-state index contributed by atoms with van der Waals surface area (Å²) < 4.78 is 4.75. The fourth-order valence-electron chi connectivity index (χ4n) is 0.318. The van der Waals surface area contributed by atoms with Crippen molar-refractivity contribution in [3.8, 4) is 0 Å². The Balaban J connectivity index is 0. The first kappa shape index (κ1) is 11.5. The molecule has 2 N–H and O–H groups in total. The average molecular weight is 153 g/mol. The summed E-state index contributed by atoms with van der Waals surface area (Å²) in [4.78, 5) is 3.74. The number of hydrogen-bond donors (Lipinski definition) is 1. The van der Waals surface area contributed by atoms with Crippen LogP contribution < -0.4 is 5.73 Å². The van der Waals surface area contributed by atoms with Crippen LogP contribution in [0.5, 0.6) is 0 Å². The number of aliphatic imine (C=N–C) groups is 1. The monoisotopic (exact) mass is 152 g/mol. The summed E-state index contributed by atoms with van der Waals surface area (Å²) in [5.41, 5.74) is 5.33. The van der Waals surface area contributed by atoms with E-state index in [9.17, 15) is 0 Å². The van der Waals surface area contributed by atoms with Crippen molar-refractivity contribution in [2.24, 2.45) is 10.7 Å². The lowest BCUT2D eigenvalue weighted by molar-refractivity contribution is 0.207. The van der Waals surface area contributed by atoms with Gasteiger partial charge in [-0.05, 0) is 0 Å². The van der Waals surface area contributed by atoms with Gasteiger partial charge >= 0.3 is 0 Å². The third-order valence-electron chi connectivity index (χ3n) is 0.850. The highest BCUT2D eigenvalue weighted by atomic mass is 35.5. The molecular formula is C5H13ClN2O. The van der Waals surface area contributed by atoms with Gasteiger partial charge in [-0.25, -0.2) is 0 Å². The molecule has 0 heterocycles. The predicted octanol–water partition coefficient (Wildman–Crippen LogP) is 0.432. The van der Waals surface area contributed by atoms with Gasteiger partial charge < -0.3 is 10.5 Å². The van der Waals surface area contributed by atoms with Crippen LogP contribution in [0.15, 0.2) is 4.99 Å². The van der Waals surface area contributed by atoms with E-state index in [2.05, 4.69) is 4.99 Å². The van der Waals surface area contributed by atoms with Gasteiger partial charge in [-0.1, -0.05) is 0 Å². The van der Waals surface area contributed by atoms with Crippen LogP contribution in [0.4, 0.5) is 0 Å². The number of methoxy groups -OCH3 is 1. The molecule has 0 bridgehead atoms. The topological polar surface area (TPSA) is 47.6 Å². The summed E-state index contributed by atoms with van der Waals surface area (Å²) in [6, 6.07) is 0. The molecule has 9 heavy (non-hydrogen) atoms. The molecule has 4 heteroatoms. The van der Waals surface area contributed by atoms with Gasteiger partial charge in [0.2, 0.25) is 0 Å². The Morgan fingerprint density at radius 3 is 2.56 bits per heavy atom. The van der Waals surface area contributed by atoms with Crippen molar-refractivity contribution < 1.29 is 4.74 Å². The molecule has 0 radical (unpaired) electrons. The van der Waals surface area contributed by atoms with Crippen molar-refractivity contribution in [1.29, 1.82) is 0 Å². The van der Waals surface area contributed by atoms with E-state index in [-0.39, 0.29) is 12.4 Å². The first-order valence-electron chi connectivity index (χ1n) is 2.51. The fourth-order valence-corrected chi connectivity index (χ4v) is 0.318. The predicted molar refractivity (Wildman–Crippen MR) is 41.3 cm³/mol. The molecule has 0 aromatic rings. The summed E-state index contributed by atoms with van der Waals surface area (Å²) >= 11 is 0. The molecule has 0 aliphatic heterocycles. The van der Waals surface area contributed by atoms with Crippen LogP contribution >= 0.6 is 12.4 Å². The van der Waals surface area contributed by atoms with E-state index in [1.54, 1.807) is 14.2 Å². The van der Waals surface area contributed by atoms with Crippen LogP contribution in [-0.2, 0) is 4.74 Å². The Labute approximate surface area is 61.7 Å². The SMILES string of the molecule is CN=C(N)CCOC.Cl. The van der Waals surface area contributed by atoms with Crippen LogP contribution in [0, 0.1) is 0 Å². The smallest absolute Gasteiger partial charge is 0.0956 e. The maximum Gasteiger partial charge on any atom is 0.0956 e. The highest BCUT2D eigenvalue weighted by Gasteiger charge is 1.86. The zero-order valence-corrected chi connectivity index (χ0v) is 6.57. The molecule has 0 saturated heterocycles. The molecule has 0 aromatic heterocycles. The zero-order valence-electron chi connectivity index (χ0n) is 5.76. The maximum absolute atomic E-state index is 5.33. The molecule has 0 aliphatic rings. The van der Waals surface area contributed by atoms with E-state index < -0.39 is 0 Å². The highest BCUT2D eigenvalue weighted by molar-refractivity contribution is 5.85. The minimum Gasteiger partial charge on any atom is -0.387 e. The molecule has 0 saturated carbocycles. The second-order valence-corrected chi connectivity index (χ2v) is 1.46. The molecule has 0 amide bonds. The number of amidine groups is 1. The van der Waals surface area contributed by atoms with Gasteiger partial charge in [0.05, 0.1) is 12.4 Å². The molecule has 0 atom stereocenters. The molecule has 0 spiro atoms. The van der Waals surface area contributed by atoms with Crippen LogP contribution in [0.2, 0.25) is 0 Å². The average Bonchev–Trinajstić information content (AvgIpc) is 1.83. The van der Waals surface area contributed by atoms with Gasteiger partial charge in [0.15, 0.2) is 0 Å². The number of rotatable bonds is 3. The third-order valence-corrected chi connectivity index (χ3v) is 0.850. The summed E-state index contributed by atoms with van der Waals surface area (Å²) in [5.74, 6) is 0.645. The molecular weight excluding hydrogens is 140 g/mol. The lowest BCUT2D eigenvalue weighted by Crippen LogP contribution is -2.13. The second-order valence-electron chi connectivity index (χ2n) is 1.46. The molecule has 0 rings (SSSR count). The van der Waals surface area contributed by atoms with E-state index in [1.807, 2.05) is 0 Å². The fraction of sp³-hybridized carbons (Fsp3) is 0.800. The van der Waals surface area contributed by atoms with Gasteiger partial charge in [0.1, 0.15) is 0 Å². The van der Waals surface area contributed by atoms with Crippen LogP contribution in [-0.4, -0.2) is 26.6 Å². The van der Waals surface area contributed by atoms with Crippen molar-refractivity contribution in [1.82, 2.24) is 0 Å². The Bertz CT molecular complexity index is 85.0.